The molecule has 0 spiro atoms. The molecule has 0 fully saturated rings. The molecule has 0 N–H and O–H groups in total. The van der Waals surface area contributed by atoms with Crippen LogP contribution in [0, 0.1) is 17.3 Å². The van der Waals surface area contributed by atoms with Gasteiger partial charge in [0.15, 0.2) is 0 Å². The molecule has 136 valence electrons. The molecule has 0 aromatic carbocycles. The van der Waals surface area contributed by atoms with Crippen LogP contribution >= 0.6 is 0 Å². The van der Waals surface area contributed by atoms with Crippen molar-refractivity contribution in [2.45, 2.75) is 80.1 Å². The number of carbonyl (C=O) groups excluding carboxylic acids is 2. The average Bonchev–Trinajstić information content (AvgIpc) is 2.58. The first-order valence-corrected chi connectivity index (χ1v) is 9.26. The lowest BCUT2D eigenvalue weighted by atomic mass is 9.84. The van der Waals surface area contributed by atoms with Gasteiger partial charge in [-0.1, -0.05) is 41.5 Å². The molecule has 0 aromatic rings. The van der Waals surface area contributed by atoms with Gasteiger partial charge < -0.3 is 9.47 Å². The predicted octanol–water partition coefficient (Wildman–Crippen LogP) is 4.75. The third-order valence-corrected chi connectivity index (χ3v) is 5.18. The first-order chi connectivity index (χ1) is 10.9. The van der Waals surface area contributed by atoms with Crippen molar-refractivity contribution in [3.8, 4) is 0 Å². The molecule has 23 heavy (non-hydrogen) atoms. The number of carbonyl (C=O) groups is 2. The molecule has 0 aliphatic carbocycles. The molecule has 0 aromatic heterocycles. The third kappa shape index (κ3) is 6.92. The van der Waals surface area contributed by atoms with E-state index in [9.17, 15) is 9.59 Å². The second-order valence-corrected chi connectivity index (χ2v) is 6.45. The van der Waals surface area contributed by atoms with Crippen molar-refractivity contribution in [2.24, 2.45) is 17.3 Å². The van der Waals surface area contributed by atoms with Gasteiger partial charge in [-0.3, -0.25) is 9.59 Å². The first kappa shape index (κ1) is 21.9. The van der Waals surface area contributed by atoms with Crippen molar-refractivity contribution < 1.29 is 19.1 Å². The molecule has 0 atom stereocenters. The molecular weight excluding hydrogens is 292 g/mol. The van der Waals surface area contributed by atoms with E-state index in [1.54, 1.807) is 0 Å². The van der Waals surface area contributed by atoms with E-state index in [1.165, 1.54) is 0 Å². The van der Waals surface area contributed by atoms with Crippen LogP contribution in [0.5, 0.6) is 0 Å². The van der Waals surface area contributed by atoms with Crippen molar-refractivity contribution in [3.63, 3.8) is 0 Å². The number of hydrogen-bond donors (Lipinski definition) is 0. The number of ether oxygens (including phenoxy) is 2. The largest absolute Gasteiger partial charge is 0.465 e. The van der Waals surface area contributed by atoms with Crippen molar-refractivity contribution in [3.05, 3.63) is 0 Å². The van der Waals surface area contributed by atoms with Gasteiger partial charge in [-0.2, -0.15) is 0 Å². The molecule has 0 amide bonds. The fourth-order valence-electron chi connectivity index (χ4n) is 2.63. The van der Waals surface area contributed by atoms with Crippen LogP contribution in [0.25, 0.3) is 0 Å². The van der Waals surface area contributed by atoms with Gasteiger partial charge in [0.05, 0.1) is 11.8 Å². The smallest absolute Gasteiger partial charge is 0.308 e. The Labute approximate surface area is 142 Å². The van der Waals surface area contributed by atoms with Crippen LogP contribution in [-0.4, -0.2) is 25.2 Å². The van der Waals surface area contributed by atoms with Gasteiger partial charge in [-0.05, 0) is 38.5 Å². The van der Waals surface area contributed by atoms with E-state index in [-0.39, 0.29) is 29.2 Å². The topological polar surface area (TPSA) is 52.6 Å². The van der Waals surface area contributed by atoms with Crippen molar-refractivity contribution in [1.29, 1.82) is 0 Å². The zero-order chi connectivity index (χ0) is 17.9. The number of rotatable bonds is 12. The standard InChI is InChI=1S/C19H36O4/c1-7-15(8-2)17(20)22-13-19(11-5,12-6)14-23-18(21)16(9-3)10-4/h15-16H,7-14H2,1-6H3. The van der Waals surface area contributed by atoms with Gasteiger partial charge in [0.1, 0.15) is 13.2 Å². The molecule has 0 heterocycles. The summed E-state index contributed by atoms with van der Waals surface area (Å²) in [6.45, 7) is 12.8. The van der Waals surface area contributed by atoms with Crippen LogP contribution in [0.15, 0.2) is 0 Å². The highest BCUT2D eigenvalue weighted by molar-refractivity contribution is 5.72. The van der Waals surface area contributed by atoms with Gasteiger partial charge >= 0.3 is 11.9 Å². The summed E-state index contributed by atoms with van der Waals surface area (Å²) in [6.07, 6.45) is 4.81. The fraction of sp³-hybridized carbons (Fsp3) is 0.895. The molecule has 0 saturated carbocycles. The second-order valence-electron chi connectivity index (χ2n) is 6.45. The quantitative estimate of drug-likeness (QED) is 0.485. The lowest BCUT2D eigenvalue weighted by Crippen LogP contribution is -2.35. The van der Waals surface area contributed by atoms with E-state index in [0.717, 1.165) is 38.5 Å². The summed E-state index contributed by atoms with van der Waals surface area (Å²) < 4.78 is 11.1. The van der Waals surface area contributed by atoms with E-state index in [2.05, 4.69) is 13.8 Å². The van der Waals surface area contributed by atoms with Crippen LogP contribution in [-0.2, 0) is 19.1 Å². The van der Waals surface area contributed by atoms with Crippen molar-refractivity contribution >= 4 is 11.9 Å². The maximum Gasteiger partial charge on any atom is 0.308 e. The van der Waals surface area contributed by atoms with E-state index in [1.807, 2.05) is 27.7 Å². The summed E-state index contributed by atoms with van der Waals surface area (Å²) in [5.74, 6) is -0.331. The molecule has 0 unspecified atom stereocenters. The molecule has 0 aliphatic rings. The summed E-state index contributed by atoms with van der Waals surface area (Å²) in [4.78, 5) is 24.2. The van der Waals surface area contributed by atoms with Gasteiger partial charge in [0.2, 0.25) is 0 Å². The molecular formula is C19H36O4. The maximum absolute atomic E-state index is 12.1. The molecule has 0 bridgehead atoms. The van der Waals surface area contributed by atoms with Crippen LogP contribution < -0.4 is 0 Å². The fourth-order valence-corrected chi connectivity index (χ4v) is 2.63. The van der Waals surface area contributed by atoms with Gasteiger partial charge in [-0.15, -0.1) is 0 Å². The van der Waals surface area contributed by atoms with E-state index < -0.39 is 0 Å². The predicted molar refractivity (Wildman–Crippen MR) is 93.1 cm³/mol. The Hall–Kier alpha value is -1.06. The van der Waals surface area contributed by atoms with Crippen molar-refractivity contribution in [1.82, 2.24) is 0 Å². The summed E-state index contributed by atoms with van der Waals surface area (Å²) in [7, 11) is 0. The number of esters is 2. The average molecular weight is 328 g/mol. The minimum absolute atomic E-state index is 0.0338. The molecule has 4 heteroatoms. The van der Waals surface area contributed by atoms with Crippen LogP contribution in [0.2, 0.25) is 0 Å². The van der Waals surface area contributed by atoms with Crippen LogP contribution in [0.1, 0.15) is 80.1 Å². The maximum atomic E-state index is 12.1. The zero-order valence-corrected chi connectivity index (χ0v) is 15.9. The van der Waals surface area contributed by atoms with Gasteiger partial charge in [0, 0.05) is 5.41 Å². The monoisotopic (exact) mass is 328 g/mol. The lowest BCUT2D eigenvalue weighted by molar-refractivity contribution is -0.160. The molecule has 0 rings (SSSR count). The highest BCUT2D eigenvalue weighted by atomic mass is 16.5. The van der Waals surface area contributed by atoms with Crippen LogP contribution in [0.4, 0.5) is 0 Å². The normalized spacial score (nSPS) is 11.8. The van der Waals surface area contributed by atoms with Gasteiger partial charge in [0.25, 0.3) is 0 Å². The minimum Gasteiger partial charge on any atom is -0.465 e. The summed E-state index contributed by atoms with van der Waals surface area (Å²) in [5, 5.41) is 0. The Morgan fingerprint density at radius 3 is 1.22 bits per heavy atom. The molecule has 4 nitrogen and oxygen atoms in total. The van der Waals surface area contributed by atoms with E-state index >= 15 is 0 Å². The van der Waals surface area contributed by atoms with E-state index in [0.29, 0.717) is 13.2 Å². The SMILES string of the molecule is CCC(CC)C(=O)OCC(CC)(CC)COC(=O)C(CC)CC. The Balaban J connectivity index is 4.68. The highest BCUT2D eigenvalue weighted by Gasteiger charge is 2.32. The highest BCUT2D eigenvalue weighted by Crippen LogP contribution is 2.29. The first-order valence-electron chi connectivity index (χ1n) is 9.26. The third-order valence-electron chi connectivity index (χ3n) is 5.18. The Bertz CT molecular complexity index is 309. The number of hydrogen-bond acceptors (Lipinski definition) is 4. The summed E-state index contributed by atoms with van der Waals surface area (Å²) >= 11 is 0. The van der Waals surface area contributed by atoms with E-state index in [4.69, 9.17) is 9.47 Å². The summed E-state index contributed by atoms with van der Waals surface area (Å²) in [5.41, 5.74) is -0.274. The van der Waals surface area contributed by atoms with Crippen molar-refractivity contribution in [2.75, 3.05) is 13.2 Å². The molecule has 0 saturated heterocycles. The lowest BCUT2D eigenvalue weighted by Gasteiger charge is -2.31. The minimum atomic E-state index is -0.274. The summed E-state index contributed by atoms with van der Waals surface area (Å²) in [6, 6.07) is 0. The van der Waals surface area contributed by atoms with Crippen LogP contribution in [0.3, 0.4) is 0 Å². The Kier molecular flexibility index (Phi) is 10.9. The Morgan fingerprint density at radius 1 is 0.696 bits per heavy atom. The zero-order valence-electron chi connectivity index (χ0n) is 15.9. The molecule has 0 radical (unpaired) electrons. The van der Waals surface area contributed by atoms with Gasteiger partial charge in [-0.25, -0.2) is 0 Å². The molecule has 0 aliphatic heterocycles. The Morgan fingerprint density at radius 2 is 1.00 bits per heavy atom. The second kappa shape index (κ2) is 11.5.